The smallest absolute Gasteiger partial charge is 0.250 e. The zero-order valence-corrected chi connectivity index (χ0v) is 11.2. The van der Waals surface area contributed by atoms with Crippen LogP contribution in [0.1, 0.15) is 11.1 Å². The Morgan fingerprint density at radius 2 is 2.06 bits per heavy atom. The van der Waals surface area contributed by atoms with Crippen molar-refractivity contribution in [3.63, 3.8) is 0 Å². The lowest BCUT2D eigenvalue weighted by Gasteiger charge is -2.10. The van der Waals surface area contributed by atoms with E-state index in [-0.39, 0.29) is 5.56 Å². The molecule has 0 aliphatic rings. The molecule has 1 aromatic carbocycles. The van der Waals surface area contributed by atoms with Crippen molar-refractivity contribution in [2.75, 3.05) is 5.32 Å². The van der Waals surface area contributed by atoms with Crippen LogP contribution in [0.5, 0.6) is 0 Å². The van der Waals surface area contributed by atoms with Gasteiger partial charge in [-0.2, -0.15) is 0 Å². The highest BCUT2D eigenvalue weighted by Crippen LogP contribution is 2.16. The average Bonchev–Trinajstić information content (AvgIpc) is 2.32. The van der Waals surface area contributed by atoms with Crippen LogP contribution in [0, 0.1) is 6.92 Å². The molecule has 2 aromatic rings. The molecule has 4 heteroatoms. The van der Waals surface area contributed by atoms with Crippen LogP contribution in [0.25, 0.3) is 0 Å². The van der Waals surface area contributed by atoms with E-state index in [1.165, 1.54) is 5.56 Å². The molecule has 0 fully saturated rings. The van der Waals surface area contributed by atoms with Gasteiger partial charge in [0.2, 0.25) is 5.56 Å². The number of anilines is 1. The van der Waals surface area contributed by atoms with E-state index in [9.17, 15) is 4.79 Å². The Balaban J connectivity index is 2.11. The van der Waals surface area contributed by atoms with Crippen molar-refractivity contribution in [3.05, 3.63) is 63.0 Å². The van der Waals surface area contributed by atoms with Gasteiger partial charge in [-0.3, -0.25) is 4.79 Å². The molecule has 0 amide bonds. The minimum atomic E-state index is -0.0109. The Kier molecular flexibility index (Phi) is 3.72. The lowest BCUT2D eigenvalue weighted by molar-refractivity contribution is 0.859. The summed E-state index contributed by atoms with van der Waals surface area (Å²) in [6.07, 6.45) is 1.79. The Bertz CT molecular complexity index is 619. The Labute approximate surface area is 111 Å². The Hall–Kier alpha value is -1.74. The van der Waals surface area contributed by atoms with Crippen molar-refractivity contribution in [2.45, 2.75) is 13.5 Å². The molecule has 0 saturated carbocycles. The average molecular weight is 263 g/mol. The molecule has 1 heterocycles. The predicted octanol–water partition coefficient (Wildman–Crippen LogP) is 2.96. The number of hydrogen-bond donors (Lipinski definition) is 1. The lowest BCUT2D eigenvalue weighted by atomic mass is 10.1. The van der Waals surface area contributed by atoms with Gasteiger partial charge in [0.25, 0.3) is 0 Å². The van der Waals surface area contributed by atoms with Gasteiger partial charge in [0, 0.05) is 30.9 Å². The monoisotopic (exact) mass is 262 g/mol. The molecule has 18 heavy (non-hydrogen) atoms. The van der Waals surface area contributed by atoms with Crippen LogP contribution in [-0.2, 0) is 13.6 Å². The van der Waals surface area contributed by atoms with E-state index in [0.29, 0.717) is 6.54 Å². The molecule has 1 aromatic heterocycles. The van der Waals surface area contributed by atoms with E-state index in [4.69, 9.17) is 11.6 Å². The molecule has 0 unspecified atom stereocenters. The third kappa shape index (κ3) is 2.93. The van der Waals surface area contributed by atoms with Crippen molar-refractivity contribution in [2.24, 2.45) is 7.05 Å². The fraction of sp³-hybridized carbons (Fsp3) is 0.214. The van der Waals surface area contributed by atoms with Gasteiger partial charge < -0.3 is 9.88 Å². The van der Waals surface area contributed by atoms with Crippen molar-refractivity contribution in [1.82, 2.24) is 4.57 Å². The molecule has 94 valence electrons. The lowest BCUT2D eigenvalue weighted by Crippen LogP contribution is -2.15. The van der Waals surface area contributed by atoms with E-state index in [2.05, 4.69) is 5.32 Å². The normalized spacial score (nSPS) is 10.4. The first-order valence-corrected chi connectivity index (χ1v) is 6.09. The maximum atomic E-state index is 11.3. The van der Waals surface area contributed by atoms with Crippen LogP contribution in [0.3, 0.4) is 0 Å². The third-order valence-electron chi connectivity index (χ3n) is 2.87. The second kappa shape index (κ2) is 5.27. The number of aromatic nitrogens is 1. The van der Waals surface area contributed by atoms with Gasteiger partial charge in [-0.05, 0) is 36.2 Å². The SMILES string of the molecule is Cc1cc(Cl)ccc1CNc1ccc(=O)n(C)c1. The minimum absolute atomic E-state index is 0.0109. The summed E-state index contributed by atoms with van der Waals surface area (Å²) in [6, 6.07) is 9.17. The number of rotatable bonds is 3. The molecule has 0 atom stereocenters. The Morgan fingerprint density at radius 1 is 1.28 bits per heavy atom. The molecule has 0 spiro atoms. The van der Waals surface area contributed by atoms with Gasteiger partial charge in [0.1, 0.15) is 0 Å². The number of hydrogen-bond acceptors (Lipinski definition) is 2. The van der Waals surface area contributed by atoms with Crippen molar-refractivity contribution in [3.8, 4) is 0 Å². The van der Waals surface area contributed by atoms with Crippen LogP contribution in [-0.4, -0.2) is 4.57 Å². The van der Waals surface area contributed by atoms with Gasteiger partial charge in [-0.15, -0.1) is 0 Å². The van der Waals surface area contributed by atoms with E-state index >= 15 is 0 Å². The first-order valence-electron chi connectivity index (χ1n) is 5.72. The molecule has 1 N–H and O–H groups in total. The maximum Gasteiger partial charge on any atom is 0.250 e. The molecular weight excluding hydrogens is 248 g/mol. The number of benzene rings is 1. The number of pyridine rings is 1. The minimum Gasteiger partial charge on any atom is -0.380 e. The standard InChI is InChI=1S/C14H15ClN2O/c1-10-7-12(15)4-3-11(10)8-16-13-5-6-14(18)17(2)9-13/h3-7,9,16H,8H2,1-2H3. The summed E-state index contributed by atoms with van der Waals surface area (Å²) in [5, 5.41) is 4.03. The molecule has 2 rings (SSSR count). The summed E-state index contributed by atoms with van der Waals surface area (Å²) in [5.74, 6) is 0. The third-order valence-corrected chi connectivity index (χ3v) is 3.11. The van der Waals surface area contributed by atoms with Crippen LogP contribution >= 0.6 is 11.6 Å². The van der Waals surface area contributed by atoms with E-state index in [1.54, 1.807) is 29.9 Å². The van der Waals surface area contributed by atoms with Gasteiger partial charge in [0.05, 0.1) is 5.69 Å². The maximum absolute atomic E-state index is 11.3. The largest absolute Gasteiger partial charge is 0.380 e. The molecule has 3 nitrogen and oxygen atoms in total. The van der Waals surface area contributed by atoms with Crippen molar-refractivity contribution >= 4 is 17.3 Å². The highest BCUT2D eigenvalue weighted by atomic mass is 35.5. The summed E-state index contributed by atoms with van der Waals surface area (Å²) in [6.45, 7) is 2.74. The molecule has 0 bridgehead atoms. The fourth-order valence-electron chi connectivity index (χ4n) is 1.75. The van der Waals surface area contributed by atoms with Crippen LogP contribution in [0.4, 0.5) is 5.69 Å². The number of halogens is 1. The Morgan fingerprint density at radius 3 is 2.72 bits per heavy atom. The summed E-state index contributed by atoms with van der Waals surface area (Å²) < 4.78 is 1.55. The first kappa shape index (κ1) is 12.7. The van der Waals surface area contributed by atoms with Crippen LogP contribution in [0.2, 0.25) is 5.02 Å². The number of nitrogens with zero attached hydrogens (tertiary/aromatic N) is 1. The fourth-order valence-corrected chi connectivity index (χ4v) is 1.98. The summed E-state index contributed by atoms with van der Waals surface area (Å²) >= 11 is 5.91. The van der Waals surface area contributed by atoms with Gasteiger partial charge >= 0.3 is 0 Å². The molecule has 0 radical (unpaired) electrons. The highest BCUT2D eigenvalue weighted by molar-refractivity contribution is 6.30. The van der Waals surface area contributed by atoms with Crippen LogP contribution in [0.15, 0.2) is 41.3 Å². The van der Waals surface area contributed by atoms with Gasteiger partial charge in [0.15, 0.2) is 0 Å². The zero-order chi connectivity index (χ0) is 13.1. The van der Waals surface area contributed by atoms with Crippen molar-refractivity contribution in [1.29, 1.82) is 0 Å². The second-order valence-electron chi connectivity index (χ2n) is 4.29. The first-order chi connectivity index (χ1) is 8.56. The zero-order valence-electron chi connectivity index (χ0n) is 10.4. The van der Waals surface area contributed by atoms with Gasteiger partial charge in [-0.1, -0.05) is 17.7 Å². The van der Waals surface area contributed by atoms with Gasteiger partial charge in [-0.25, -0.2) is 0 Å². The van der Waals surface area contributed by atoms with E-state index in [1.807, 2.05) is 25.1 Å². The highest BCUT2D eigenvalue weighted by Gasteiger charge is 2.00. The quantitative estimate of drug-likeness (QED) is 0.923. The summed E-state index contributed by atoms with van der Waals surface area (Å²) in [4.78, 5) is 11.3. The van der Waals surface area contributed by atoms with E-state index < -0.39 is 0 Å². The molecular formula is C14H15ClN2O. The molecule has 0 aliphatic carbocycles. The number of nitrogens with one attached hydrogen (secondary N) is 1. The number of aryl methyl sites for hydroxylation is 2. The topological polar surface area (TPSA) is 34.0 Å². The molecule has 0 aliphatic heterocycles. The second-order valence-corrected chi connectivity index (χ2v) is 4.73. The van der Waals surface area contributed by atoms with Crippen LogP contribution < -0.4 is 10.9 Å². The van der Waals surface area contributed by atoms with E-state index in [0.717, 1.165) is 16.3 Å². The summed E-state index contributed by atoms with van der Waals surface area (Å²) in [5.41, 5.74) is 3.25. The van der Waals surface area contributed by atoms with Crippen molar-refractivity contribution < 1.29 is 0 Å². The summed E-state index contributed by atoms with van der Waals surface area (Å²) in [7, 11) is 1.74. The molecule has 0 saturated heterocycles. The predicted molar refractivity (Wildman–Crippen MR) is 75.2 cm³/mol.